The molecule has 2 aromatic rings. The van der Waals surface area contributed by atoms with E-state index in [-0.39, 0.29) is 27.4 Å². The number of nitrogen functional groups attached to an aromatic ring is 1. The average Bonchev–Trinajstić information content (AvgIpc) is 2.36. The van der Waals surface area contributed by atoms with E-state index in [2.05, 4.69) is 20.7 Å². The van der Waals surface area contributed by atoms with Crippen LogP contribution in [0.4, 0.5) is 23.2 Å². The minimum Gasteiger partial charge on any atom is -0.455 e. The number of ether oxygens (including phenoxy) is 2. The first kappa shape index (κ1) is 15.4. The molecule has 0 aliphatic rings. The zero-order valence-corrected chi connectivity index (χ0v) is 11.8. The Morgan fingerprint density at radius 1 is 1.00 bits per heavy atom. The van der Waals surface area contributed by atoms with E-state index < -0.39 is 12.2 Å². The first-order chi connectivity index (χ1) is 9.74. The Bertz CT molecular complexity index is 644. The maximum absolute atomic E-state index is 13.4. The van der Waals surface area contributed by atoms with Gasteiger partial charge in [0.25, 0.3) is 0 Å². The third kappa shape index (κ3) is 4.25. The van der Waals surface area contributed by atoms with Gasteiger partial charge in [0.1, 0.15) is 17.3 Å². The molecule has 3 nitrogen and oxygen atoms in total. The number of hydrogen-bond acceptors (Lipinski definition) is 3. The van der Waals surface area contributed by atoms with Crippen LogP contribution in [0.25, 0.3) is 0 Å². The molecule has 0 amide bonds. The van der Waals surface area contributed by atoms with Crippen molar-refractivity contribution in [1.82, 2.24) is 0 Å². The van der Waals surface area contributed by atoms with Gasteiger partial charge in [-0.3, -0.25) is 0 Å². The highest BCUT2D eigenvalue weighted by Crippen LogP contribution is 2.33. The molecule has 0 unspecified atom stereocenters. The number of hydrogen-bond donors (Lipinski definition) is 1. The third-order valence-corrected chi connectivity index (χ3v) is 2.95. The van der Waals surface area contributed by atoms with Crippen molar-refractivity contribution in [3.05, 3.63) is 46.7 Å². The van der Waals surface area contributed by atoms with Crippen LogP contribution in [-0.2, 0) is 0 Å². The maximum atomic E-state index is 13.4. The van der Waals surface area contributed by atoms with Crippen molar-refractivity contribution < 1.29 is 27.0 Å². The fraction of sp³-hybridized carbons (Fsp3) is 0.0769. The number of alkyl halides is 3. The molecule has 0 fully saturated rings. The summed E-state index contributed by atoms with van der Waals surface area (Å²) in [7, 11) is 0. The molecule has 0 bridgehead atoms. The summed E-state index contributed by atoms with van der Waals surface area (Å²) in [6, 6.07) is 7.05. The number of anilines is 1. The lowest BCUT2D eigenvalue weighted by molar-refractivity contribution is -0.274. The molecule has 0 spiro atoms. The lowest BCUT2D eigenvalue weighted by Crippen LogP contribution is -2.16. The molecule has 21 heavy (non-hydrogen) atoms. The summed E-state index contributed by atoms with van der Waals surface area (Å²) in [5.41, 5.74) is 5.84. The Balaban J connectivity index is 2.16. The Hall–Kier alpha value is -1.96. The minimum atomic E-state index is -4.76. The molecule has 0 heterocycles. The van der Waals surface area contributed by atoms with Crippen LogP contribution in [0.5, 0.6) is 17.2 Å². The molecule has 112 valence electrons. The van der Waals surface area contributed by atoms with E-state index in [4.69, 9.17) is 10.5 Å². The molecule has 8 heteroatoms. The number of benzene rings is 2. The molecule has 0 saturated carbocycles. The number of nitrogens with two attached hydrogens (primary N) is 1. The van der Waals surface area contributed by atoms with Crippen LogP contribution < -0.4 is 15.2 Å². The Morgan fingerprint density at radius 2 is 1.57 bits per heavy atom. The molecule has 0 aromatic heterocycles. The Kier molecular flexibility index (Phi) is 4.26. The lowest BCUT2D eigenvalue weighted by Gasteiger charge is -2.11. The van der Waals surface area contributed by atoms with Gasteiger partial charge in [-0.15, -0.1) is 13.2 Å². The van der Waals surface area contributed by atoms with Gasteiger partial charge in [-0.05, 0) is 46.3 Å². The van der Waals surface area contributed by atoms with Crippen molar-refractivity contribution >= 4 is 21.6 Å². The fourth-order valence-corrected chi connectivity index (χ4v) is 1.83. The maximum Gasteiger partial charge on any atom is 0.573 e. The SMILES string of the molecule is Nc1cc(Br)c(F)cc1Oc1ccc(OC(F)(F)F)cc1. The van der Waals surface area contributed by atoms with Crippen molar-refractivity contribution in [3.8, 4) is 17.2 Å². The molecule has 0 aliphatic carbocycles. The van der Waals surface area contributed by atoms with Gasteiger partial charge in [-0.25, -0.2) is 4.39 Å². The van der Waals surface area contributed by atoms with Crippen LogP contribution in [-0.4, -0.2) is 6.36 Å². The first-order valence-corrected chi connectivity index (χ1v) is 6.32. The van der Waals surface area contributed by atoms with Crippen LogP contribution in [0, 0.1) is 5.82 Å². The fourth-order valence-electron chi connectivity index (χ4n) is 1.47. The Labute approximate surface area is 125 Å². The molecule has 2 N–H and O–H groups in total. The van der Waals surface area contributed by atoms with Crippen molar-refractivity contribution in [3.63, 3.8) is 0 Å². The Morgan fingerprint density at radius 3 is 2.14 bits per heavy atom. The highest BCUT2D eigenvalue weighted by atomic mass is 79.9. The van der Waals surface area contributed by atoms with Crippen molar-refractivity contribution in [2.24, 2.45) is 0 Å². The topological polar surface area (TPSA) is 44.5 Å². The first-order valence-electron chi connectivity index (χ1n) is 5.53. The minimum absolute atomic E-state index is 0.0557. The van der Waals surface area contributed by atoms with Crippen LogP contribution in [0.15, 0.2) is 40.9 Å². The van der Waals surface area contributed by atoms with Gasteiger partial charge in [-0.1, -0.05) is 0 Å². The third-order valence-electron chi connectivity index (χ3n) is 2.34. The van der Waals surface area contributed by atoms with E-state index >= 15 is 0 Å². The normalized spacial score (nSPS) is 11.3. The molecule has 0 aliphatic heterocycles. The van der Waals surface area contributed by atoms with Crippen LogP contribution in [0.1, 0.15) is 0 Å². The standard InChI is InChI=1S/C13H8BrF4NO2/c14-9-5-11(19)12(6-10(9)15)20-7-1-3-8(4-2-7)21-13(16,17)18/h1-6H,19H2. The van der Waals surface area contributed by atoms with Crippen LogP contribution >= 0.6 is 15.9 Å². The molecule has 2 rings (SSSR count). The highest BCUT2D eigenvalue weighted by molar-refractivity contribution is 9.10. The molecule has 0 radical (unpaired) electrons. The van der Waals surface area contributed by atoms with E-state index in [1.165, 1.54) is 18.2 Å². The van der Waals surface area contributed by atoms with Crippen molar-refractivity contribution in [2.45, 2.75) is 6.36 Å². The molecular weight excluding hydrogens is 358 g/mol. The number of rotatable bonds is 3. The molecule has 0 atom stereocenters. The van der Waals surface area contributed by atoms with Gasteiger partial charge < -0.3 is 15.2 Å². The van der Waals surface area contributed by atoms with E-state index in [1.54, 1.807) is 0 Å². The van der Waals surface area contributed by atoms with E-state index in [1.807, 2.05) is 0 Å². The summed E-state index contributed by atoms with van der Waals surface area (Å²) >= 11 is 2.97. The van der Waals surface area contributed by atoms with Gasteiger partial charge in [0.15, 0.2) is 5.75 Å². The molecular formula is C13H8BrF4NO2. The van der Waals surface area contributed by atoms with Gasteiger partial charge in [-0.2, -0.15) is 0 Å². The summed E-state index contributed by atoms with van der Waals surface area (Å²) in [4.78, 5) is 0. The lowest BCUT2D eigenvalue weighted by atomic mass is 10.3. The second-order valence-corrected chi connectivity index (χ2v) is 4.78. The van der Waals surface area contributed by atoms with Gasteiger partial charge >= 0.3 is 6.36 Å². The largest absolute Gasteiger partial charge is 0.573 e. The quantitative estimate of drug-likeness (QED) is 0.623. The van der Waals surface area contributed by atoms with E-state index in [9.17, 15) is 17.6 Å². The van der Waals surface area contributed by atoms with Crippen molar-refractivity contribution in [1.29, 1.82) is 0 Å². The smallest absolute Gasteiger partial charge is 0.455 e. The van der Waals surface area contributed by atoms with Crippen molar-refractivity contribution in [2.75, 3.05) is 5.73 Å². The summed E-state index contributed by atoms with van der Waals surface area (Å²) in [6.07, 6.45) is -4.76. The zero-order chi connectivity index (χ0) is 15.6. The summed E-state index contributed by atoms with van der Waals surface area (Å²) in [5.74, 6) is -0.709. The zero-order valence-electron chi connectivity index (χ0n) is 10.2. The van der Waals surface area contributed by atoms with Gasteiger partial charge in [0.2, 0.25) is 0 Å². The molecule has 0 saturated heterocycles. The predicted molar refractivity (Wildman–Crippen MR) is 71.7 cm³/mol. The molecule has 2 aromatic carbocycles. The van der Waals surface area contributed by atoms with E-state index in [0.29, 0.717) is 0 Å². The van der Waals surface area contributed by atoms with E-state index in [0.717, 1.165) is 18.2 Å². The highest BCUT2D eigenvalue weighted by Gasteiger charge is 2.30. The second-order valence-electron chi connectivity index (χ2n) is 3.93. The summed E-state index contributed by atoms with van der Waals surface area (Å²) in [5, 5.41) is 0. The number of halogens is 5. The summed E-state index contributed by atoms with van der Waals surface area (Å²) in [6.45, 7) is 0. The summed E-state index contributed by atoms with van der Waals surface area (Å²) < 4.78 is 58.6. The predicted octanol–water partition coefficient (Wildman–Crippen LogP) is 4.86. The van der Waals surface area contributed by atoms with Gasteiger partial charge in [0.05, 0.1) is 10.2 Å². The van der Waals surface area contributed by atoms with Crippen LogP contribution in [0.3, 0.4) is 0 Å². The van der Waals surface area contributed by atoms with Gasteiger partial charge in [0, 0.05) is 6.07 Å². The monoisotopic (exact) mass is 365 g/mol. The van der Waals surface area contributed by atoms with Crippen LogP contribution in [0.2, 0.25) is 0 Å². The second kappa shape index (κ2) is 5.80. The average molecular weight is 366 g/mol.